The number of benzene rings is 1. The van der Waals surface area contributed by atoms with Gasteiger partial charge >= 0.3 is 0 Å². The Morgan fingerprint density at radius 2 is 1.95 bits per heavy atom. The van der Waals surface area contributed by atoms with Crippen molar-refractivity contribution in [2.75, 3.05) is 0 Å². The fourth-order valence-electron chi connectivity index (χ4n) is 1.77. The number of hydrogen-bond donors (Lipinski definition) is 1. The highest BCUT2D eigenvalue weighted by Crippen LogP contribution is 2.28. The monoisotopic (exact) mass is 333 g/mol. The number of nitrogens with one attached hydrogen (secondary N) is 1. The molecule has 20 heavy (non-hydrogen) atoms. The molecule has 0 amide bonds. The highest BCUT2D eigenvalue weighted by Gasteiger charge is 2.16. The lowest BCUT2D eigenvalue weighted by Gasteiger charge is -2.09. The Labute approximate surface area is 124 Å². The SMILES string of the molecule is Cc1ccc(Oc2ccc([C@@H]3C=C(Br)NO3)cc2)nn1. The predicted octanol–water partition coefficient (Wildman–Crippen LogP) is 3.39. The van der Waals surface area contributed by atoms with Gasteiger partial charge in [-0.3, -0.25) is 10.3 Å². The van der Waals surface area contributed by atoms with E-state index in [-0.39, 0.29) is 6.10 Å². The molecule has 1 aliphatic heterocycles. The van der Waals surface area contributed by atoms with Crippen LogP contribution in [0.5, 0.6) is 11.6 Å². The summed E-state index contributed by atoms with van der Waals surface area (Å²) in [5.41, 5.74) is 4.65. The molecule has 3 rings (SSSR count). The van der Waals surface area contributed by atoms with Crippen molar-refractivity contribution >= 4 is 15.9 Å². The van der Waals surface area contributed by atoms with E-state index in [0.29, 0.717) is 11.6 Å². The molecule has 0 bridgehead atoms. The second-order valence-corrected chi connectivity index (χ2v) is 5.19. The van der Waals surface area contributed by atoms with Gasteiger partial charge in [0.25, 0.3) is 0 Å². The lowest BCUT2D eigenvalue weighted by atomic mass is 10.1. The minimum Gasteiger partial charge on any atom is -0.438 e. The molecule has 102 valence electrons. The van der Waals surface area contributed by atoms with Crippen molar-refractivity contribution in [3.63, 3.8) is 0 Å². The van der Waals surface area contributed by atoms with E-state index in [1.807, 2.05) is 43.3 Å². The lowest BCUT2D eigenvalue weighted by molar-refractivity contribution is 0.0458. The van der Waals surface area contributed by atoms with Crippen LogP contribution in [0.15, 0.2) is 47.1 Å². The number of aromatic nitrogens is 2. The van der Waals surface area contributed by atoms with Crippen LogP contribution < -0.4 is 10.2 Å². The molecule has 0 fully saturated rings. The second-order valence-electron chi connectivity index (χ2n) is 4.34. The first kappa shape index (κ1) is 13.1. The average molecular weight is 334 g/mol. The molecule has 0 spiro atoms. The summed E-state index contributed by atoms with van der Waals surface area (Å²) in [6, 6.07) is 11.3. The molecule has 2 heterocycles. The van der Waals surface area contributed by atoms with E-state index in [1.165, 1.54) is 0 Å². The van der Waals surface area contributed by atoms with Gasteiger partial charge in [0.2, 0.25) is 5.88 Å². The average Bonchev–Trinajstić information content (AvgIpc) is 2.89. The Bertz CT molecular complexity index is 626. The molecule has 6 heteroatoms. The van der Waals surface area contributed by atoms with Crippen LogP contribution in [0, 0.1) is 6.92 Å². The molecule has 0 unspecified atom stereocenters. The van der Waals surface area contributed by atoms with Crippen molar-refractivity contribution in [3.8, 4) is 11.6 Å². The molecule has 0 aliphatic carbocycles. The van der Waals surface area contributed by atoms with Crippen molar-refractivity contribution in [3.05, 3.63) is 58.3 Å². The maximum atomic E-state index is 5.62. The summed E-state index contributed by atoms with van der Waals surface area (Å²) in [4.78, 5) is 5.37. The number of ether oxygens (including phenoxy) is 1. The number of hydroxylamine groups is 1. The van der Waals surface area contributed by atoms with E-state index in [4.69, 9.17) is 9.57 Å². The van der Waals surface area contributed by atoms with Gasteiger partial charge in [0, 0.05) is 6.07 Å². The molecule has 2 aromatic rings. The van der Waals surface area contributed by atoms with Gasteiger partial charge < -0.3 is 4.74 Å². The van der Waals surface area contributed by atoms with Crippen LogP contribution >= 0.6 is 15.9 Å². The molecule has 1 atom stereocenters. The summed E-state index contributed by atoms with van der Waals surface area (Å²) >= 11 is 3.33. The summed E-state index contributed by atoms with van der Waals surface area (Å²) in [6.45, 7) is 1.88. The molecular formula is C14H12BrN3O2. The Morgan fingerprint density at radius 1 is 1.15 bits per heavy atom. The molecule has 1 N–H and O–H groups in total. The first-order valence-electron chi connectivity index (χ1n) is 6.08. The minimum absolute atomic E-state index is 0.0995. The number of nitrogens with zero attached hydrogens (tertiary/aromatic N) is 2. The molecule has 1 aromatic carbocycles. The van der Waals surface area contributed by atoms with Crippen molar-refractivity contribution in [2.24, 2.45) is 0 Å². The first-order valence-corrected chi connectivity index (χ1v) is 6.87. The molecule has 5 nitrogen and oxygen atoms in total. The standard InChI is InChI=1S/C14H12BrN3O2/c1-9-2-7-14(17-16-9)19-11-5-3-10(4-6-11)12-8-13(15)18-20-12/h2-8,12,18H,1H3/t12-/m0/s1. The van der Waals surface area contributed by atoms with Crippen molar-refractivity contribution in [2.45, 2.75) is 13.0 Å². The smallest absolute Gasteiger partial charge is 0.238 e. The van der Waals surface area contributed by atoms with Crippen LogP contribution in [0.4, 0.5) is 0 Å². The molecule has 0 saturated heterocycles. The molecule has 1 aromatic heterocycles. The third-order valence-corrected chi connectivity index (χ3v) is 3.21. The highest BCUT2D eigenvalue weighted by molar-refractivity contribution is 9.11. The number of halogens is 1. The van der Waals surface area contributed by atoms with Crippen LogP contribution in [-0.4, -0.2) is 10.2 Å². The van der Waals surface area contributed by atoms with Gasteiger partial charge in [0.15, 0.2) is 0 Å². The molecule has 0 radical (unpaired) electrons. The lowest BCUT2D eigenvalue weighted by Crippen LogP contribution is -2.05. The Kier molecular flexibility index (Phi) is 3.66. The van der Waals surface area contributed by atoms with Crippen LogP contribution in [0.25, 0.3) is 0 Å². The van der Waals surface area contributed by atoms with Crippen LogP contribution in [0.2, 0.25) is 0 Å². The first-order chi connectivity index (χ1) is 9.70. The maximum Gasteiger partial charge on any atom is 0.238 e. The summed E-state index contributed by atoms with van der Waals surface area (Å²) in [5.74, 6) is 1.19. The van der Waals surface area contributed by atoms with Gasteiger partial charge in [-0.25, -0.2) is 0 Å². The summed E-state index contributed by atoms with van der Waals surface area (Å²) in [7, 11) is 0. The Morgan fingerprint density at radius 3 is 2.55 bits per heavy atom. The number of aryl methyl sites for hydroxylation is 1. The van der Waals surface area contributed by atoms with E-state index < -0.39 is 0 Å². The van der Waals surface area contributed by atoms with Crippen LogP contribution in [-0.2, 0) is 4.84 Å². The van der Waals surface area contributed by atoms with Gasteiger partial charge in [-0.05, 0) is 52.7 Å². The van der Waals surface area contributed by atoms with Crippen LogP contribution in [0.1, 0.15) is 17.4 Å². The zero-order valence-corrected chi connectivity index (χ0v) is 12.3. The minimum atomic E-state index is -0.0995. The third kappa shape index (κ3) is 2.97. The van der Waals surface area contributed by atoms with Crippen molar-refractivity contribution in [1.29, 1.82) is 0 Å². The number of rotatable bonds is 3. The summed E-state index contributed by atoms with van der Waals surface area (Å²) in [5, 5.41) is 7.91. The van der Waals surface area contributed by atoms with E-state index in [1.54, 1.807) is 6.07 Å². The van der Waals surface area contributed by atoms with Crippen LogP contribution in [0.3, 0.4) is 0 Å². The fourth-order valence-corrected chi connectivity index (χ4v) is 2.11. The van der Waals surface area contributed by atoms with Crippen molar-refractivity contribution < 1.29 is 9.57 Å². The Balaban J connectivity index is 1.71. The topological polar surface area (TPSA) is 56.3 Å². The molecular weight excluding hydrogens is 322 g/mol. The predicted molar refractivity (Wildman–Crippen MR) is 77.3 cm³/mol. The van der Waals surface area contributed by atoms with Gasteiger partial charge in [0.05, 0.1) is 5.69 Å². The maximum absolute atomic E-state index is 5.62. The zero-order chi connectivity index (χ0) is 13.9. The number of hydrogen-bond acceptors (Lipinski definition) is 5. The van der Waals surface area contributed by atoms with E-state index in [2.05, 4.69) is 31.6 Å². The normalized spacial score (nSPS) is 17.5. The molecule has 0 saturated carbocycles. The van der Waals surface area contributed by atoms with E-state index >= 15 is 0 Å². The Hall–Kier alpha value is -1.92. The quantitative estimate of drug-likeness (QED) is 0.872. The molecule has 1 aliphatic rings. The van der Waals surface area contributed by atoms with Crippen molar-refractivity contribution in [1.82, 2.24) is 15.7 Å². The second kappa shape index (κ2) is 5.60. The third-order valence-electron chi connectivity index (χ3n) is 2.79. The summed E-state index contributed by atoms with van der Waals surface area (Å²) in [6.07, 6.45) is 1.85. The van der Waals surface area contributed by atoms with E-state index in [9.17, 15) is 0 Å². The zero-order valence-electron chi connectivity index (χ0n) is 10.7. The van der Waals surface area contributed by atoms with Gasteiger partial charge in [-0.15, -0.1) is 5.10 Å². The largest absolute Gasteiger partial charge is 0.438 e. The highest BCUT2D eigenvalue weighted by atomic mass is 79.9. The van der Waals surface area contributed by atoms with Gasteiger partial charge in [0.1, 0.15) is 16.5 Å². The van der Waals surface area contributed by atoms with Gasteiger partial charge in [-0.2, -0.15) is 5.10 Å². The fraction of sp³-hybridized carbons (Fsp3) is 0.143. The van der Waals surface area contributed by atoms with E-state index in [0.717, 1.165) is 15.9 Å². The summed E-state index contributed by atoms with van der Waals surface area (Å²) < 4.78 is 6.45. The van der Waals surface area contributed by atoms with Gasteiger partial charge in [-0.1, -0.05) is 12.1 Å².